The van der Waals surface area contributed by atoms with Gasteiger partial charge in [0.05, 0.1) is 10.4 Å². The molecule has 0 spiro atoms. The van der Waals surface area contributed by atoms with Crippen molar-refractivity contribution in [3.05, 3.63) is 16.0 Å². The second-order valence-electron chi connectivity index (χ2n) is 3.22. The van der Waals surface area contributed by atoms with Crippen LogP contribution in [0.5, 0.6) is 0 Å². The Morgan fingerprint density at radius 1 is 1.67 bits per heavy atom. The summed E-state index contributed by atoms with van der Waals surface area (Å²) in [5.41, 5.74) is 0.735. The molecule has 1 atom stereocenters. The fourth-order valence-electron chi connectivity index (χ4n) is 0.866. The average molecular weight is 270 g/mol. The Morgan fingerprint density at radius 2 is 2.27 bits per heavy atom. The number of hydrogen-bond donors (Lipinski definition) is 2. The molecule has 86 valence electrons. The van der Waals surface area contributed by atoms with Gasteiger partial charge in [0.15, 0.2) is 0 Å². The van der Waals surface area contributed by atoms with Crippen LogP contribution in [-0.2, 0) is 10.0 Å². The molecule has 0 aliphatic rings. The maximum absolute atomic E-state index is 11.6. The van der Waals surface area contributed by atoms with Crippen LogP contribution in [0.25, 0.3) is 0 Å². The van der Waals surface area contributed by atoms with Gasteiger partial charge in [-0.15, -0.1) is 11.3 Å². The third-order valence-corrected chi connectivity index (χ3v) is 5.12. The predicted octanol–water partition coefficient (Wildman–Crippen LogP) is 1.37. The molecule has 1 aromatic rings. The van der Waals surface area contributed by atoms with Crippen molar-refractivity contribution >= 4 is 33.0 Å². The van der Waals surface area contributed by atoms with Crippen LogP contribution < -0.4 is 4.72 Å². The zero-order valence-corrected chi connectivity index (χ0v) is 10.7. The van der Waals surface area contributed by atoms with E-state index in [0.717, 1.165) is 16.9 Å². The number of thiophene rings is 1. The lowest BCUT2D eigenvalue weighted by Gasteiger charge is -2.05. The van der Waals surface area contributed by atoms with Crippen molar-refractivity contribution < 1.29 is 13.5 Å². The van der Waals surface area contributed by atoms with Crippen LogP contribution in [0.1, 0.15) is 12.5 Å². The van der Waals surface area contributed by atoms with Gasteiger partial charge in [-0.1, -0.05) is 11.6 Å². The van der Waals surface area contributed by atoms with Crippen molar-refractivity contribution in [2.24, 2.45) is 0 Å². The van der Waals surface area contributed by atoms with E-state index in [1.807, 2.05) is 0 Å². The Balaban J connectivity index is 2.87. The summed E-state index contributed by atoms with van der Waals surface area (Å²) in [6.07, 6.45) is -0.712. The van der Waals surface area contributed by atoms with Gasteiger partial charge in [0.1, 0.15) is 4.21 Å². The van der Waals surface area contributed by atoms with Crippen molar-refractivity contribution in [2.75, 3.05) is 6.54 Å². The van der Waals surface area contributed by atoms with E-state index in [0.29, 0.717) is 4.34 Å². The number of rotatable bonds is 4. The summed E-state index contributed by atoms with van der Waals surface area (Å²) < 4.78 is 26.2. The quantitative estimate of drug-likeness (QED) is 0.868. The number of halogens is 1. The molecule has 0 radical (unpaired) electrons. The number of sulfonamides is 1. The van der Waals surface area contributed by atoms with E-state index in [2.05, 4.69) is 4.72 Å². The summed E-state index contributed by atoms with van der Waals surface area (Å²) >= 11 is 6.78. The van der Waals surface area contributed by atoms with E-state index in [-0.39, 0.29) is 10.8 Å². The third-order valence-electron chi connectivity index (χ3n) is 1.67. The van der Waals surface area contributed by atoms with E-state index in [9.17, 15) is 8.42 Å². The summed E-state index contributed by atoms with van der Waals surface area (Å²) in [6.45, 7) is 3.25. The van der Waals surface area contributed by atoms with E-state index < -0.39 is 16.1 Å². The van der Waals surface area contributed by atoms with Crippen molar-refractivity contribution in [1.82, 2.24) is 4.72 Å². The lowest BCUT2D eigenvalue weighted by Crippen LogP contribution is -2.30. The van der Waals surface area contributed by atoms with E-state index in [1.54, 1.807) is 6.92 Å². The van der Waals surface area contributed by atoms with Gasteiger partial charge in [-0.2, -0.15) is 0 Å². The van der Waals surface area contributed by atoms with E-state index in [1.165, 1.54) is 13.0 Å². The maximum Gasteiger partial charge on any atom is 0.250 e. The molecular weight excluding hydrogens is 258 g/mol. The van der Waals surface area contributed by atoms with Gasteiger partial charge >= 0.3 is 0 Å². The maximum atomic E-state index is 11.6. The molecule has 7 heteroatoms. The van der Waals surface area contributed by atoms with Crippen molar-refractivity contribution in [3.63, 3.8) is 0 Å². The summed E-state index contributed by atoms with van der Waals surface area (Å²) in [5, 5.41) is 8.97. The van der Waals surface area contributed by atoms with Gasteiger partial charge in [-0.3, -0.25) is 0 Å². The van der Waals surface area contributed by atoms with Gasteiger partial charge in [0.25, 0.3) is 0 Å². The number of aliphatic hydroxyl groups is 1. The molecule has 1 rings (SSSR count). The van der Waals surface area contributed by atoms with Gasteiger partial charge < -0.3 is 5.11 Å². The number of hydrogen-bond acceptors (Lipinski definition) is 4. The lowest BCUT2D eigenvalue weighted by atomic mass is 10.4. The highest BCUT2D eigenvalue weighted by Crippen LogP contribution is 2.29. The second kappa shape index (κ2) is 4.80. The summed E-state index contributed by atoms with van der Waals surface area (Å²) in [6, 6.07) is 1.51. The third kappa shape index (κ3) is 3.42. The minimum absolute atomic E-state index is 0.00308. The Kier molecular flexibility index (Phi) is 4.13. The highest BCUT2D eigenvalue weighted by atomic mass is 35.5. The lowest BCUT2D eigenvalue weighted by molar-refractivity contribution is 0.198. The number of nitrogens with one attached hydrogen (secondary N) is 1. The molecule has 0 aliphatic heterocycles. The van der Waals surface area contributed by atoms with Gasteiger partial charge in [-0.05, 0) is 25.5 Å². The van der Waals surface area contributed by atoms with Crippen LogP contribution in [0.2, 0.25) is 4.34 Å². The zero-order valence-electron chi connectivity index (χ0n) is 8.32. The molecule has 0 aromatic carbocycles. The minimum Gasteiger partial charge on any atom is -0.392 e. The van der Waals surface area contributed by atoms with Crippen molar-refractivity contribution in [3.8, 4) is 0 Å². The monoisotopic (exact) mass is 269 g/mol. The minimum atomic E-state index is -3.53. The summed E-state index contributed by atoms with van der Waals surface area (Å²) in [5.74, 6) is 0. The highest BCUT2D eigenvalue weighted by molar-refractivity contribution is 7.91. The SMILES string of the molecule is Cc1cc(S(=O)(=O)NC[C@H](C)O)sc1Cl. The molecule has 0 fully saturated rings. The zero-order chi connectivity index (χ0) is 11.6. The van der Waals surface area contributed by atoms with Crippen LogP contribution in [0.15, 0.2) is 10.3 Å². The van der Waals surface area contributed by atoms with Crippen LogP contribution in [0.3, 0.4) is 0 Å². The smallest absolute Gasteiger partial charge is 0.250 e. The number of aliphatic hydroxyl groups excluding tert-OH is 1. The average Bonchev–Trinajstić information content (AvgIpc) is 2.45. The molecule has 4 nitrogen and oxygen atoms in total. The Morgan fingerprint density at radius 3 is 2.67 bits per heavy atom. The van der Waals surface area contributed by atoms with E-state index >= 15 is 0 Å². The summed E-state index contributed by atoms with van der Waals surface area (Å²) in [7, 11) is -3.53. The van der Waals surface area contributed by atoms with Crippen LogP contribution >= 0.6 is 22.9 Å². The van der Waals surface area contributed by atoms with E-state index in [4.69, 9.17) is 16.7 Å². The number of aryl methyl sites for hydroxylation is 1. The predicted molar refractivity (Wildman–Crippen MR) is 60.9 cm³/mol. The fraction of sp³-hybridized carbons (Fsp3) is 0.500. The Hall–Kier alpha value is -0.140. The molecule has 2 N–H and O–H groups in total. The molecule has 0 aliphatic carbocycles. The first-order valence-electron chi connectivity index (χ1n) is 4.26. The first-order valence-corrected chi connectivity index (χ1v) is 6.94. The molecule has 0 unspecified atom stereocenters. The largest absolute Gasteiger partial charge is 0.392 e. The molecule has 0 bridgehead atoms. The Bertz CT molecular complexity index is 419. The normalized spacial score (nSPS) is 14.1. The van der Waals surface area contributed by atoms with Crippen molar-refractivity contribution in [1.29, 1.82) is 0 Å². The molecule has 1 heterocycles. The first-order chi connectivity index (χ1) is 6.83. The molecule has 0 saturated carbocycles. The standard InChI is InChI=1S/C8H12ClNO3S2/c1-5-3-7(14-8(5)9)15(12,13)10-4-6(2)11/h3,6,10-11H,4H2,1-2H3/t6-/m0/s1. The Labute approximate surface area is 97.9 Å². The summed E-state index contributed by atoms with van der Waals surface area (Å²) in [4.78, 5) is 0. The van der Waals surface area contributed by atoms with Crippen LogP contribution in [-0.4, -0.2) is 26.2 Å². The highest BCUT2D eigenvalue weighted by Gasteiger charge is 2.18. The molecule has 1 aromatic heterocycles. The molecule has 15 heavy (non-hydrogen) atoms. The molecular formula is C8H12ClNO3S2. The van der Waals surface area contributed by atoms with Crippen molar-refractivity contribution in [2.45, 2.75) is 24.2 Å². The van der Waals surface area contributed by atoms with Gasteiger partial charge in [0.2, 0.25) is 10.0 Å². The fourth-order valence-corrected chi connectivity index (χ4v) is 3.74. The second-order valence-corrected chi connectivity index (χ2v) is 6.87. The van der Waals surface area contributed by atoms with Gasteiger partial charge in [-0.25, -0.2) is 13.1 Å². The van der Waals surface area contributed by atoms with Crippen LogP contribution in [0.4, 0.5) is 0 Å². The molecule has 0 amide bonds. The first kappa shape index (κ1) is 12.9. The van der Waals surface area contributed by atoms with Gasteiger partial charge in [0, 0.05) is 6.54 Å². The topological polar surface area (TPSA) is 66.4 Å². The molecule has 0 saturated heterocycles. The van der Waals surface area contributed by atoms with Crippen LogP contribution in [0, 0.1) is 6.92 Å².